The molecule has 3 heteroatoms. The van der Waals surface area contributed by atoms with Crippen LogP contribution in [-0.2, 0) is 9.53 Å². The number of ether oxygens (including phenoxy) is 1. The predicted molar refractivity (Wildman–Crippen MR) is 42.2 cm³/mol. The third-order valence-electron chi connectivity index (χ3n) is 1.87. The molecule has 0 aromatic carbocycles. The first-order valence-electron chi connectivity index (χ1n) is 3.43. The maximum atomic E-state index is 10.4. The molecule has 1 aliphatic carbocycles. The number of thiol groups is 1. The highest BCUT2D eigenvalue weighted by molar-refractivity contribution is 7.80. The van der Waals surface area contributed by atoms with Gasteiger partial charge in [-0.25, -0.2) is 0 Å². The molecule has 0 saturated heterocycles. The number of rotatable bonds is 3. The lowest BCUT2D eigenvalue weighted by atomic mass is 10.2. The van der Waals surface area contributed by atoms with Crippen LogP contribution < -0.4 is 0 Å². The van der Waals surface area contributed by atoms with Crippen LogP contribution in [0.5, 0.6) is 0 Å². The van der Waals surface area contributed by atoms with Crippen molar-refractivity contribution in [3.63, 3.8) is 0 Å². The highest BCUT2D eigenvalue weighted by Crippen LogP contribution is 2.46. The molecule has 0 spiro atoms. The summed E-state index contributed by atoms with van der Waals surface area (Å²) in [5, 5.41) is 0. The minimum absolute atomic E-state index is 0.187. The lowest BCUT2D eigenvalue weighted by molar-refractivity contribution is -0.142. The van der Waals surface area contributed by atoms with Gasteiger partial charge in [-0.3, -0.25) is 4.79 Å². The third-order valence-corrected chi connectivity index (χ3v) is 2.54. The van der Waals surface area contributed by atoms with Crippen molar-refractivity contribution in [2.45, 2.75) is 19.8 Å². The first kappa shape index (κ1) is 7.92. The second-order valence-electron chi connectivity index (χ2n) is 2.94. The highest BCUT2D eigenvalue weighted by atomic mass is 32.1. The zero-order valence-electron chi connectivity index (χ0n) is 6.09. The molecule has 0 amide bonds. The maximum Gasteiger partial charge on any atom is 0.302 e. The molecule has 10 heavy (non-hydrogen) atoms. The number of esters is 1. The summed E-state index contributed by atoms with van der Waals surface area (Å²) in [6, 6.07) is 0. The molecule has 0 bridgehead atoms. The number of hydrogen-bond donors (Lipinski definition) is 1. The molecule has 0 aliphatic heterocycles. The van der Waals surface area contributed by atoms with Crippen LogP contribution >= 0.6 is 12.6 Å². The van der Waals surface area contributed by atoms with Gasteiger partial charge in [0, 0.05) is 12.3 Å². The van der Waals surface area contributed by atoms with Gasteiger partial charge in [-0.05, 0) is 18.6 Å². The molecule has 58 valence electrons. The largest absolute Gasteiger partial charge is 0.465 e. The van der Waals surface area contributed by atoms with Crippen LogP contribution in [0.1, 0.15) is 19.8 Å². The second-order valence-corrected chi connectivity index (χ2v) is 3.25. The van der Waals surface area contributed by atoms with E-state index in [1.54, 1.807) is 0 Å². The molecule has 1 fully saturated rings. The molecule has 0 atom stereocenters. The standard InChI is InChI=1S/C7H12O2S/c1-6(8)9-4-7(5-10)2-3-7/h10H,2-5H2,1H3. The van der Waals surface area contributed by atoms with E-state index in [-0.39, 0.29) is 11.4 Å². The molecule has 0 radical (unpaired) electrons. The summed E-state index contributed by atoms with van der Waals surface area (Å²) in [6.07, 6.45) is 2.31. The highest BCUT2D eigenvalue weighted by Gasteiger charge is 2.42. The van der Waals surface area contributed by atoms with Gasteiger partial charge in [0.25, 0.3) is 0 Å². The summed E-state index contributed by atoms with van der Waals surface area (Å²) in [5.74, 6) is 0.647. The fourth-order valence-electron chi connectivity index (χ4n) is 0.780. The second kappa shape index (κ2) is 2.82. The normalized spacial score (nSPS) is 20.2. The van der Waals surface area contributed by atoms with Gasteiger partial charge in [0.1, 0.15) is 0 Å². The maximum absolute atomic E-state index is 10.4. The van der Waals surface area contributed by atoms with E-state index in [4.69, 9.17) is 4.74 Å². The topological polar surface area (TPSA) is 26.3 Å². The van der Waals surface area contributed by atoms with Crippen molar-refractivity contribution >= 4 is 18.6 Å². The van der Waals surface area contributed by atoms with Crippen LogP contribution in [0.25, 0.3) is 0 Å². The van der Waals surface area contributed by atoms with E-state index in [2.05, 4.69) is 12.6 Å². The van der Waals surface area contributed by atoms with Crippen LogP contribution in [0.3, 0.4) is 0 Å². The molecule has 0 heterocycles. The van der Waals surface area contributed by atoms with E-state index in [1.807, 2.05) is 0 Å². The Morgan fingerprint density at radius 2 is 2.30 bits per heavy atom. The van der Waals surface area contributed by atoms with Crippen molar-refractivity contribution in [3.05, 3.63) is 0 Å². The van der Waals surface area contributed by atoms with E-state index in [9.17, 15) is 4.79 Å². The van der Waals surface area contributed by atoms with Crippen LogP contribution in [0.15, 0.2) is 0 Å². The van der Waals surface area contributed by atoms with Crippen molar-refractivity contribution in [3.8, 4) is 0 Å². The Morgan fingerprint density at radius 1 is 1.70 bits per heavy atom. The fraction of sp³-hybridized carbons (Fsp3) is 0.857. The summed E-state index contributed by atoms with van der Waals surface area (Å²) in [7, 11) is 0. The zero-order chi connectivity index (χ0) is 7.61. The Hall–Kier alpha value is -0.180. The Bertz CT molecular complexity index is 141. The molecular weight excluding hydrogens is 148 g/mol. The van der Waals surface area contributed by atoms with Gasteiger partial charge in [0.2, 0.25) is 0 Å². The van der Waals surface area contributed by atoms with Crippen LogP contribution in [0.2, 0.25) is 0 Å². The first-order valence-corrected chi connectivity index (χ1v) is 4.06. The third kappa shape index (κ3) is 1.90. The summed E-state index contributed by atoms with van der Waals surface area (Å²) < 4.78 is 4.87. The van der Waals surface area contributed by atoms with Crippen LogP contribution in [-0.4, -0.2) is 18.3 Å². The molecule has 0 unspecified atom stereocenters. The average molecular weight is 160 g/mol. The SMILES string of the molecule is CC(=O)OCC1(CS)CC1. The minimum Gasteiger partial charge on any atom is -0.465 e. The lowest BCUT2D eigenvalue weighted by Crippen LogP contribution is -2.14. The quantitative estimate of drug-likeness (QED) is 0.497. The summed E-state index contributed by atoms with van der Waals surface area (Å²) >= 11 is 4.17. The van der Waals surface area contributed by atoms with Gasteiger partial charge in [0.05, 0.1) is 6.61 Å². The van der Waals surface area contributed by atoms with E-state index in [1.165, 1.54) is 6.92 Å². The predicted octanol–water partition coefficient (Wildman–Crippen LogP) is 1.26. The molecule has 1 aliphatic rings. The van der Waals surface area contributed by atoms with Gasteiger partial charge < -0.3 is 4.74 Å². The summed E-state index contributed by atoms with van der Waals surface area (Å²) in [6.45, 7) is 2.00. The Balaban J connectivity index is 2.19. The van der Waals surface area contributed by atoms with Crippen LogP contribution in [0.4, 0.5) is 0 Å². The molecular formula is C7H12O2S. The minimum atomic E-state index is -0.187. The van der Waals surface area contributed by atoms with Gasteiger partial charge in [-0.15, -0.1) is 0 Å². The Labute approximate surface area is 66.4 Å². The van der Waals surface area contributed by atoms with Crippen molar-refractivity contribution in [2.75, 3.05) is 12.4 Å². The van der Waals surface area contributed by atoms with E-state index in [0.717, 1.165) is 18.6 Å². The fourth-order valence-corrected chi connectivity index (χ4v) is 1.19. The molecule has 2 nitrogen and oxygen atoms in total. The van der Waals surface area contributed by atoms with E-state index >= 15 is 0 Å². The molecule has 1 saturated carbocycles. The number of carbonyl (C=O) groups is 1. The van der Waals surface area contributed by atoms with Crippen molar-refractivity contribution in [1.29, 1.82) is 0 Å². The van der Waals surface area contributed by atoms with Gasteiger partial charge in [-0.2, -0.15) is 12.6 Å². The van der Waals surface area contributed by atoms with Gasteiger partial charge in [-0.1, -0.05) is 0 Å². The molecule has 0 aromatic rings. The van der Waals surface area contributed by atoms with Gasteiger partial charge in [0.15, 0.2) is 0 Å². The molecule has 1 rings (SSSR count). The van der Waals surface area contributed by atoms with Crippen molar-refractivity contribution in [1.82, 2.24) is 0 Å². The number of hydrogen-bond acceptors (Lipinski definition) is 3. The van der Waals surface area contributed by atoms with Crippen molar-refractivity contribution < 1.29 is 9.53 Å². The van der Waals surface area contributed by atoms with Gasteiger partial charge >= 0.3 is 5.97 Å². The van der Waals surface area contributed by atoms with E-state index < -0.39 is 0 Å². The summed E-state index contributed by atoms with van der Waals surface area (Å²) in [5.41, 5.74) is 0.245. The molecule has 0 N–H and O–H groups in total. The smallest absolute Gasteiger partial charge is 0.302 e. The Morgan fingerprint density at radius 3 is 2.60 bits per heavy atom. The number of carbonyl (C=O) groups excluding carboxylic acids is 1. The first-order chi connectivity index (χ1) is 4.68. The van der Waals surface area contributed by atoms with Crippen molar-refractivity contribution in [2.24, 2.45) is 5.41 Å². The average Bonchev–Trinajstić information content (AvgIpc) is 2.64. The molecule has 0 aromatic heterocycles. The lowest BCUT2D eigenvalue weighted by Gasteiger charge is -2.10. The Kier molecular flexibility index (Phi) is 2.24. The van der Waals surface area contributed by atoms with E-state index in [0.29, 0.717) is 6.61 Å². The zero-order valence-corrected chi connectivity index (χ0v) is 6.99. The van der Waals surface area contributed by atoms with Crippen LogP contribution in [0, 0.1) is 5.41 Å². The summed E-state index contributed by atoms with van der Waals surface area (Å²) in [4.78, 5) is 10.4. The monoisotopic (exact) mass is 160 g/mol.